The summed E-state index contributed by atoms with van der Waals surface area (Å²) < 4.78 is 12.3. The second-order valence-electron chi connectivity index (χ2n) is 7.71. The van der Waals surface area contributed by atoms with Crippen molar-refractivity contribution < 1.29 is 13.9 Å². The lowest BCUT2D eigenvalue weighted by atomic mass is 10.0. The fourth-order valence-corrected chi connectivity index (χ4v) is 4.78. The van der Waals surface area contributed by atoms with Gasteiger partial charge in [0.2, 0.25) is 0 Å². The topological polar surface area (TPSA) is 67.6 Å². The lowest BCUT2D eigenvalue weighted by molar-refractivity contribution is 0.0601. The molecule has 0 spiro atoms. The van der Waals surface area contributed by atoms with Crippen molar-refractivity contribution in [1.29, 1.82) is 0 Å². The number of thiocarbonyl (C=S) groups is 1. The second kappa shape index (κ2) is 9.40. The fraction of sp³-hybridized carbons (Fsp3) is 0.115. The standard InChI is InChI=1S/C26H20BrN3O3S/c1-32-25(31)19-7-3-2-6-18(19)21-13-14-22(33-21)24-23(20-8-4-5-15-28-20)29-26(34)30(24)17-11-9-16(27)10-12-17/h2-15,23-24H,1H3,(H,29,34)/t23-,24-/m1/s1. The molecule has 1 N–H and O–H groups in total. The van der Waals surface area contributed by atoms with Crippen LogP contribution in [0.3, 0.4) is 0 Å². The molecule has 34 heavy (non-hydrogen) atoms. The lowest BCUT2D eigenvalue weighted by Gasteiger charge is -2.26. The first-order valence-corrected chi connectivity index (χ1v) is 11.8. The normalized spacial score (nSPS) is 17.5. The van der Waals surface area contributed by atoms with Crippen LogP contribution in [0.15, 0.2) is 93.9 Å². The number of ether oxygens (including phenoxy) is 1. The van der Waals surface area contributed by atoms with Crippen molar-refractivity contribution in [3.05, 3.63) is 107 Å². The highest BCUT2D eigenvalue weighted by Gasteiger charge is 2.42. The van der Waals surface area contributed by atoms with Gasteiger partial charge in [0, 0.05) is 21.9 Å². The molecular formula is C26H20BrN3O3S. The molecule has 3 heterocycles. The number of methoxy groups -OCH3 is 1. The third-order valence-corrected chi connectivity index (χ3v) is 6.56. The van der Waals surface area contributed by atoms with Gasteiger partial charge in [0.25, 0.3) is 0 Å². The maximum Gasteiger partial charge on any atom is 0.338 e. The Kier molecular flexibility index (Phi) is 6.17. The fourth-order valence-electron chi connectivity index (χ4n) is 4.17. The third kappa shape index (κ3) is 4.10. The summed E-state index contributed by atoms with van der Waals surface area (Å²) in [7, 11) is 1.37. The number of nitrogens with zero attached hydrogens (tertiary/aromatic N) is 2. The Hall–Kier alpha value is -3.49. The Labute approximate surface area is 210 Å². The minimum atomic E-state index is -0.417. The summed E-state index contributed by atoms with van der Waals surface area (Å²) in [4.78, 5) is 18.9. The minimum absolute atomic E-state index is 0.229. The van der Waals surface area contributed by atoms with Gasteiger partial charge in [0.15, 0.2) is 5.11 Å². The van der Waals surface area contributed by atoms with Crippen LogP contribution >= 0.6 is 28.1 Å². The van der Waals surface area contributed by atoms with Crippen molar-refractivity contribution in [2.75, 3.05) is 12.0 Å². The molecule has 6 nitrogen and oxygen atoms in total. The highest BCUT2D eigenvalue weighted by Crippen LogP contribution is 2.43. The van der Waals surface area contributed by atoms with Crippen molar-refractivity contribution in [2.24, 2.45) is 0 Å². The zero-order valence-electron chi connectivity index (χ0n) is 18.1. The van der Waals surface area contributed by atoms with Crippen molar-refractivity contribution >= 4 is 44.9 Å². The number of furan rings is 1. The second-order valence-corrected chi connectivity index (χ2v) is 9.01. The van der Waals surface area contributed by atoms with Crippen LogP contribution in [-0.4, -0.2) is 23.2 Å². The number of hydrogen-bond acceptors (Lipinski definition) is 5. The molecule has 170 valence electrons. The largest absolute Gasteiger partial charge is 0.465 e. The van der Waals surface area contributed by atoms with E-state index < -0.39 is 5.97 Å². The number of rotatable bonds is 5. The van der Waals surface area contributed by atoms with Gasteiger partial charge in [-0.3, -0.25) is 4.98 Å². The molecule has 2 aromatic carbocycles. The summed E-state index contributed by atoms with van der Waals surface area (Å²) >= 11 is 9.25. The molecule has 5 rings (SSSR count). The summed E-state index contributed by atoms with van der Waals surface area (Å²) in [5.41, 5.74) is 2.88. The Morgan fingerprint density at radius 1 is 1.06 bits per heavy atom. The summed E-state index contributed by atoms with van der Waals surface area (Å²) in [6, 6.07) is 24.3. The number of carbonyl (C=O) groups excluding carboxylic acids is 1. The maximum atomic E-state index is 12.3. The first kappa shape index (κ1) is 22.3. The van der Waals surface area contributed by atoms with Crippen LogP contribution < -0.4 is 10.2 Å². The lowest BCUT2D eigenvalue weighted by Crippen LogP contribution is -2.29. The van der Waals surface area contributed by atoms with Crippen LogP contribution in [0, 0.1) is 0 Å². The third-order valence-electron chi connectivity index (χ3n) is 5.72. The number of esters is 1. The number of anilines is 1. The Morgan fingerprint density at radius 2 is 1.82 bits per heavy atom. The molecule has 1 aliphatic rings. The zero-order chi connectivity index (χ0) is 23.7. The number of halogens is 1. The maximum absolute atomic E-state index is 12.3. The van der Waals surface area contributed by atoms with Crippen LogP contribution in [0.1, 0.15) is 33.9 Å². The number of aromatic nitrogens is 1. The molecule has 1 aliphatic heterocycles. The van der Waals surface area contributed by atoms with Crippen molar-refractivity contribution in [1.82, 2.24) is 10.3 Å². The molecule has 8 heteroatoms. The Bertz CT molecular complexity index is 1340. The average molecular weight is 534 g/mol. The average Bonchev–Trinajstić information content (AvgIpc) is 3.49. The van der Waals surface area contributed by atoms with E-state index in [1.54, 1.807) is 18.3 Å². The Morgan fingerprint density at radius 3 is 2.56 bits per heavy atom. The van der Waals surface area contributed by atoms with Gasteiger partial charge in [-0.25, -0.2) is 4.79 Å². The molecular weight excluding hydrogens is 514 g/mol. The first-order chi connectivity index (χ1) is 16.6. The molecule has 0 unspecified atom stereocenters. The molecule has 0 saturated carbocycles. The van der Waals surface area contributed by atoms with Gasteiger partial charge in [-0.15, -0.1) is 0 Å². The van der Waals surface area contributed by atoms with Gasteiger partial charge in [-0.2, -0.15) is 0 Å². The van der Waals surface area contributed by atoms with Crippen LogP contribution in [0.2, 0.25) is 0 Å². The van der Waals surface area contributed by atoms with E-state index in [9.17, 15) is 4.79 Å². The first-order valence-electron chi connectivity index (χ1n) is 10.6. The molecule has 1 fully saturated rings. The smallest absolute Gasteiger partial charge is 0.338 e. The molecule has 0 bridgehead atoms. The Balaban J connectivity index is 1.60. The van der Waals surface area contributed by atoms with Crippen molar-refractivity contribution in [3.8, 4) is 11.3 Å². The van der Waals surface area contributed by atoms with Crippen LogP contribution in [0.5, 0.6) is 0 Å². The van der Waals surface area contributed by atoms with Gasteiger partial charge in [-0.05, 0) is 66.8 Å². The van der Waals surface area contributed by atoms with Crippen LogP contribution in [-0.2, 0) is 4.74 Å². The molecule has 1 saturated heterocycles. The van der Waals surface area contributed by atoms with Gasteiger partial charge in [-0.1, -0.05) is 40.2 Å². The van der Waals surface area contributed by atoms with E-state index in [4.69, 9.17) is 21.4 Å². The SMILES string of the molecule is COC(=O)c1ccccc1-c1ccc([C@@H]2[C@@H](c3ccccn3)NC(=S)N2c2ccc(Br)cc2)o1. The predicted molar refractivity (Wildman–Crippen MR) is 138 cm³/mol. The van der Waals surface area contributed by atoms with E-state index in [0.717, 1.165) is 15.9 Å². The van der Waals surface area contributed by atoms with E-state index in [-0.39, 0.29) is 12.1 Å². The van der Waals surface area contributed by atoms with Crippen molar-refractivity contribution in [3.63, 3.8) is 0 Å². The number of nitrogens with one attached hydrogen (secondary N) is 1. The van der Waals surface area contributed by atoms with Gasteiger partial charge >= 0.3 is 5.97 Å². The van der Waals surface area contributed by atoms with E-state index in [1.165, 1.54) is 7.11 Å². The van der Waals surface area contributed by atoms with Gasteiger partial charge < -0.3 is 19.4 Å². The highest BCUT2D eigenvalue weighted by atomic mass is 79.9. The van der Waals surface area contributed by atoms with E-state index in [0.29, 0.717) is 27.8 Å². The van der Waals surface area contributed by atoms with Crippen LogP contribution in [0.4, 0.5) is 5.69 Å². The zero-order valence-corrected chi connectivity index (χ0v) is 20.5. The molecule has 0 radical (unpaired) electrons. The summed E-state index contributed by atoms with van der Waals surface area (Å²) in [5.74, 6) is 0.852. The molecule has 0 amide bonds. The summed E-state index contributed by atoms with van der Waals surface area (Å²) in [6.45, 7) is 0. The van der Waals surface area contributed by atoms with E-state index >= 15 is 0 Å². The quantitative estimate of drug-likeness (QED) is 0.246. The predicted octanol–water partition coefficient (Wildman–Crippen LogP) is 6.07. The highest BCUT2D eigenvalue weighted by molar-refractivity contribution is 9.10. The van der Waals surface area contributed by atoms with E-state index in [1.807, 2.05) is 71.6 Å². The molecule has 2 atom stereocenters. The van der Waals surface area contributed by atoms with E-state index in [2.05, 4.69) is 26.2 Å². The minimum Gasteiger partial charge on any atom is -0.465 e. The number of carbonyl (C=O) groups is 1. The number of pyridine rings is 1. The summed E-state index contributed by atoms with van der Waals surface area (Å²) in [5, 5.41) is 4.00. The van der Waals surface area contributed by atoms with Gasteiger partial charge in [0.05, 0.1) is 24.4 Å². The summed E-state index contributed by atoms with van der Waals surface area (Å²) in [6.07, 6.45) is 1.76. The molecule has 2 aromatic heterocycles. The molecule has 4 aromatic rings. The number of benzene rings is 2. The van der Waals surface area contributed by atoms with Gasteiger partial charge in [0.1, 0.15) is 17.6 Å². The number of hydrogen-bond donors (Lipinski definition) is 1. The monoisotopic (exact) mass is 533 g/mol. The van der Waals surface area contributed by atoms with Crippen molar-refractivity contribution in [2.45, 2.75) is 12.1 Å². The molecule has 0 aliphatic carbocycles. The van der Waals surface area contributed by atoms with Crippen LogP contribution in [0.25, 0.3) is 11.3 Å².